The number of rotatable bonds is 33. The van der Waals surface area contributed by atoms with Gasteiger partial charge in [0.2, 0.25) is 0 Å². The predicted octanol–water partition coefficient (Wildman–Crippen LogP) is 11.0. The van der Waals surface area contributed by atoms with Crippen molar-refractivity contribution in [2.45, 2.75) is 207 Å². The van der Waals surface area contributed by atoms with Crippen molar-refractivity contribution in [1.82, 2.24) is 0 Å². The molecular weight excluding hydrogens is 524 g/mol. The molecule has 0 aliphatic carbocycles. The van der Waals surface area contributed by atoms with Gasteiger partial charge in [-0.15, -0.1) is 0 Å². The summed E-state index contributed by atoms with van der Waals surface area (Å²) in [5, 5.41) is 9.50. The Morgan fingerprint density at radius 3 is 1.26 bits per heavy atom. The van der Waals surface area contributed by atoms with Crippen molar-refractivity contribution in [2.75, 3.05) is 13.2 Å². The van der Waals surface area contributed by atoms with Gasteiger partial charge < -0.3 is 14.6 Å². The van der Waals surface area contributed by atoms with Crippen LogP contribution in [0.2, 0.25) is 0 Å². The van der Waals surface area contributed by atoms with Crippen molar-refractivity contribution >= 4 is 11.9 Å². The zero-order valence-corrected chi connectivity index (χ0v) is 28.4. The number of carbonyl (C=O) groups is 2. The number of carbonyl (C=O) groups excluding carboxylic acids is 2. The van der Waals surface area contributed by atoms with Crippen LogP contribution >= 0.6 is 0 Å². The van der Waals surface area contributed by atoms with Crippen molar-refractivity contribution in [1.29, 1.82) is 0 Å². The molecule has 1 atom stereocenters. The maximum Gasteiger partial charge on any atom is 0.306 e. The molecule has 0 aromatic heterocycles. The molecule has 42 heavy (non-hydrogen) atoms. The molecule has 0 amide bonds. The average Bonchev–Trinajstić information content (AvgIpc) is 2.97. The number of aliphatic hydroxyl groups excluding tert-OH is 1. The smallest absolute Gasteiger partial charge is 0.306 e. The van der Waals surface area contributed by atoms with Crippen molar-refractivity contribution in [3.8, 4) is 0 Å². The van der Waals surface area contributed by atoms with Gasteiger partial charge in [0.1, 0.15) is 6.61 Å². The lowest BCUT2D eigenvalue weighted by Gasteiger charge is -2.15. The summed E-state index contributed by atoms with van der Waals surface area (Å²) >= 11 is 0. The van der Waals surface area contributed by atoms with Gasteiger partial charge in [-0.2, -0.15) is 0 Å². The summed E-state index contributed by atoms with van der Waals surface area (Å²) < 4.78 is 10.6. The summed E-state index contributed by atoms with van der Waals surface area (Å²) in [6.45, 7) is 6.42. The van der Waals surface area contributed by atoms with Crippen molar-refractivity contribution in [3.05, 3.63) is 0 Å². The second-order valence-corrected chi connectivity index (χ2v) is 13.1. The highest BCUT2D eigenvalue weighted by Crippen LogP contribution is 2.15. The molecule has 0 unspecified atom stereocenters. The summed E-state index contributed by atoms with van der Waals surface area (Å²) in [7, 11) is 0. The van der Waals surface area contributed by atoms with Gasteiger partial charge in [0.05, 0.1) is 6.61 Å². The molecule has 250 valence electrons. The van der Waals surface area contributed by atoms with E-state index in [4.69, 9.17) is 9.47 Å². The molecule has 0 aromatic rings. The molecule has 0 spiro atoms. The molecule has 0 radical (unpaired) electrons. The molecule has 1 N–H and O–H groups in total. The summed E-state index contributed by atoms with van der Waals surface area (Å²) in [6, 6.07) is 0. The molecular formula is C37H72O5. The highest BCUT2D eigenvalue weighted by Gasteiger charge is 2.16. The van der Waals surface area contributed by atoms with Crippen molar-refractivity contribution in [2.24, 2.45) is 5.92 Å². The van der Waals surface area contributed by atoms with Gasteiger partial charge in [-0.3, -0.25) is 9.59 Å². The molecule has 5 nitrogen and oxygen atoms in total. The number of unbranched alkanes of at least 4 members (excludes halogenated alkanes) is 23. The Morgan fingerprint density at radius 1 is 0.524 bits per heavy atom. The van der Waals surface area contributed by atoms with Gasteiger partial charge in [-0.25, -0.2) is 0 Å². The average molecular weight is 597 g/mol. The van der Waals surface area contributed by atoms with Gasteiger partial charge in [0.15, 0.2) is 6.10 Å². The fraction of sp³-hybridized carbons (Fsp3) is 0.946. The molecule has 0 saturated heterocycles. The minimum absolute atomic E-state index is 0.0595. The quantitative estimate of drug-likeness (QED) is 0.0602. The first-order valence-corrected chi connectivity index (χ1v) is 18.5. The number of esters is 2. The first-order valence-electron chi connectivity index (χ1n) is 18.5. The standard InChI is InChI=1S/C37H72O5/c1-4-5-6-7-8-9-10-11-12-13-14-15-16-17-18-19-20-24-27-30-36(39)41-33-35(32-38)42-37(40)31-28-25-22-21-23-26-29-34(2)3/h34-35,38H,4-33H2,1-3H3/t35-/m0/s1. The Kier molecular flexibility index (Phi) is 31.9. The van der Waals surface area contributed by atoms with Gasteiger partial charge in [-0.05, 0) is 18.8 Å². The maximum absolute atomic E-state index is 12.1. The van der Waals surface area contributed by atoms with Crippen LogP contribution in [0, 0.1) is 5.92 Å². The maximum atomic E-state index is 12.1. The lowest BCUT2D eigenvalue weighted by molar-refractivity contribution is -0.161. The summed E-state index contributed by atoms with van der Waals surface area (Å²) in [6.07, 6.45) is 33.2. The van der Waals surface area contributed by atoms with E-state index in [-0.39, 0.29) is 25.2 Å². The van der Waals surface area contributed by atoms with Crippen LogP contribution < -0.4 is 0 Å². The normalized spacial score (nSPS) is 12.1. The molecule has 5 heteroatoms. The monoisotopic (exact) mass is 597 g/mol. The number of hydrogen-bond donors (Lipinski definition) is 1. The van der Waals surface area contributed by atoms with Crippen LogP contribution in [0.5, 0.6) is 0 Å². The largest absolute Gasteiger partial charge is 0.462 e. The first kappa shape index (κ1) is 40.9. The second kappa shape index (κ2) is 32.8. The van der Waals surface area contributed by atoms with Crippen LogP contribution in [0.25, 0.3) is 0 Å². The summed E-state index contributed by atoms with van der Waals surface area (Å²) in [5.41, 5.74) is 0. The molecule has 0 bridgehead atoms. The summed E-state index contributed by atoms with van der Waals surface area (Å²) in [4.78, 5) is 24.1. The Morgan fingerprint density at radius 2 is 0.881 bits per heavy atom. The van der Waals surface area contributed by atoms with Crippen LogP contribution in [-0.4, -0.2) is 36.4 Å². The Hall–Kier alpha value is -1.10. The van der Waals surface area contributed by atoms with E-state index < -0.39 is 6.10 Å². The SMILES string of the molecule is CCCCCCCCCCCCCCCCCCCCCC(=O)OC[C@H](CO)OC(=O)CCCCCCCCC(C)C. The zero-order valence-electron chi connectivity index (χ0n) is 28.4. The van der Waals surface area contributed by atoms with Gasteiger partial charge >= 0.3 is 11.9 Å². The number of ether oxygens (including phenoxy) is 2. The van der Waals surface area contributed by atoms with Crippen LogP contribution in [0.4, 0.5) is 0 Å². The second-order valence-electron chi connectivity index (χ2n) is 13.1. The Bertz CT molecular complexity index is 577. The lowest BCUT2D eigenvalue weighted by atomic mass is 10.0. The highest BCUT2D eigenvalue weighted by atomic mass is 16.6. The summed E-state index contributed by atoms with van der Waals surface area (Å²) in [5.74, 6) is 0.189. The van der Waals surface area contributed by atoms with E-state index in [1.165, 1.54) is 135 Å². The van der Waals surface area contributed by atoms with Gasteiger partial charge in [0.25, 0.3) is 0 Å². The molecule has 0 fully saturated rings. The van der Waals surface area contributed by atoms with E-state index in [0.29, 0.717) is 12.8 Å². The zero-order chi connectivity index (χ0) is 30.9. The Labute approximate surface area is 261 Å². The molecule has 0 saturated carbocycles. The molecule has 0 aliphatic heterocycles. The van der Waals surface area contributed by atoms with Crippen LogP contribution in [0.3, 0.4) is 0 Å². The first-order chi connectivity index (χ1) is 20.5. The van der Waals surface area contributed by atoms with Gasteiger partial charge in [-0.1, -0.05) is 175 Å². The molecule has 0 aromatic carbocycles. The van der Waals surface area contributed by atoms with Crippen molar-refractivity contribution < 1.29 is 24.2 Å². The highest BCUT2D eigenvalue weighted by molar-refractivity contribution is 5.70. The lowest BCUT2D eigenvalue weighted by Crippen LogP contribution is -2.28. The molecule has 0 heterocycles. The van der Waals surface area contributed by atoms with Crippen LogP contribution in [0.15, 0.2) is 0 Å². The van der Waals surface area contributed by atoms with E-state index in [9.17, 15) is 14.7 Å². The Balaban J connectivity index is 3.47. The third kappa shape index (κ3) is 31.8. The van der Waals surface area contributed by atoms with E-state index in [0.717, 1.165) is 38.0 Å². The fourth-order valence-electron chi connectivity index (χ4n) is 5.50. The number of aliphatic hydroxyl groups is 1. The number of hydrogen-bond acceptors (Lipinski definition) is 5. The minimum atomic E-state index is -0.761. The fourth-order valence-corrected chi connectivity index (χ4v) is 5.50. The van der Waals surface area contributed by atoms with Gasteiger partial charge in [0, 0.05) is 12.8 Å². The minimum Gasteiger partial charge on any atom is -0.462 e. The molecule has 0 rings (SSSR count). The molecule has 0 aliphatic rings. The van der Waals surface area contributed by atoms with E-state index >= 15 is 0 Å². The third-order valence-electron chi connectivity index (χ3n) is 8.33. The predicted molar refractivity (Wildman–Crippen MR) is 178 cm³/mol. The van der Waals surface area contributed by atoms with Crippen molar-refractivity contribution in [3.63, 3.8) is 0 Å². The van der Waals surface area contributed by atoms with E-state index in [2.05, 4.69) is 20.8 Å². The third-order valence-corrected chi connectivity index (χ3v) is 8.33. The van der Waals surface area contributed by atoms with Crippen LogP contribution in [-0.2, 0) is 19.1 Å². The van der Waals surface area contributed by atoms with Crippen LogP contribution in [0.1, 0.15) is 201 Å². The van der Waals surface area contributed by atoms with E-state index in [1.807, 2.05) is 0 Å². The van der Waals surface area contributed by atoms with E-state index in [1.54, 1.807) is 0 Å². The topological polar surface area (TPSA) is 72.8 Å².